The third kappa shape index (κ3) is 5.10. The van der Waals surface area contributed by atoms with E-state index in [9.17, 15) is 4.79 Å². The Morgan fingerprint density at radius 3 is 2.80 bits per heavy atom. The summed E-state index contributed by atoms with van der Waals surface area (Å²) in [6.45, 7) is 3.37. The fraction of sp³-hybridized carbons (Fsp3) is 0.192. The van der Waals surface area contributed by atoms with Crippen LogP contribution in [0, 0.1) is 0 Å². The van der Waals surface area contributed by atoms with Crippen LogP contribution in [-0.2, 0) is 11.3 Å². The summed E-state index contributed by atoms with van der Waals surface area (Å²) < 4.78 is 8.35. The minimum atomic E-state index is -0.145. The van der Waals surface area contributed by atoms with E-state index in [0.717, 1.165) is 29.5 Å². The first kappa shape index (κ1) is 22.4. The Hall–Kier alpha value is -4.37. The number of nitrogens with zero attached hydrogens (tertiary/aromatic N) is 4. The lowest BCUT2D eigenvalue weighted by molar-refractivity contribution is -0.114. The number of anilines is 3. The lowest BCUT2D eigenvalue weighted by atomic mass is 10.2. The molecule has 2 aromatic carbocycles. The standard InChI is InChI=1S/C26H27N7O2/c1-17(34)28-19-5-4-6-21(16-19)35-25-22-9-11-27-24(22)30-26(31-25)29-20-7-8-23-18(15-20)10-12-33(23)14-13-32(2)3/h4-12,15-16H,13-14H2,1-3H3,(H,28,34)(H2,27,29,30,31). The van der Waals surface area contributed by atoms with Gasteiger partial charge in [-0.2, -0.15) is 9.97 Å². The second kappa shape index (κ2) is 9.47. The third-order valence-electron chi connectivity index (χ3n) is 5.56. The molecule has 3 N–H and O–H groups in total. The zero-order valence-corrected chi connectivity index (χ0v) is 19.9. The number of aromatic amines is 1. The van der Waals surface area contributed by atoms with Crippen LogP contribution in [0.3, 0.4) is 0 Å². The van der Waals surface area contributed by atoms with E-state index in [4.69, 9.17) is 4.74 Å². The highest BCUT2D eigenvalue weighted by Crippen LogP contribution is 2.30. The number of hydrogen-bond acceptors (Lipinski definition) is 6. The summed E-state index contributed by atoms with van der Waals surface area (Å²) in [5.74, 6) is 1.24. The Morgan fingerprint density at radius 2 is 1.97 bits per heavy atom. The van der Waals surface area contributed by atoms with Crippen molar-refractivity contribution in [3.63, 3.8) is 0 Å². The topological polar surface area (TPSA) is 100 Å². The summed E-state index contributed by atoms with van der Waals surface area (Å²) in [6, 6.07) is 17.4. The number of benzene rings is 2. The molecule has 3 aromatic heterocycles. The van der Waals surface area contributed by atoms with E-state index in [1.807, 2.05) is 24.3 Å². The van der Waals surface area contributed by atoms with E-state index in [2.05, 4.69) is 73.5 Å². The monoisotopic (exact) mass is 469 g/mol. The van der Waals surface area contributed by atoms with Crippen LogP contribution in [0.5, 0.6) is 11.6 Å². The summed E-state index contributed by atoms with van der Waals surface area (Å²) in [7, 11) is 4.15. The molecule has 5 aromatic rings. The zero-order valence-electron chi connectivity index (χ0n) is 19.9. The van der Waals surface area contributed by atoms with Gasteiger partial charge >= 0.3 is 0 Å². The highest BCUT2D eigenvalue weighted by Gasteiger charge is 2.12. The van der Waals surface area contributed by atoms with Crippen LogP contribution in [0.1, 0.15) is 6.92 Å². The van der Waals surface area contributed by atoms with E-state index < -0.39 is 0 Å². The largest absolute Gasteiger partial charge is 0.438 e. The summed E-state index contributed by atoms with van der Waals surface area (Å²) in [5, 5.41) is 7.96. The molecule has 0 unspecified atom stereocenters. The summed E-state index contributed by atoms with van der Waals surface area (Å²) in [4.78, 5) is 25.9. The molecule has 0 aliphatic carbocycles. The molecule has 0 radical (unpaired) electrons. The Morgan fingerprint density at radius 1 is 1.09 bits per heavy atom. The molecule has 0 fully saturated rings. The van der Waals surface area contributed by atoms with Gasteiger partial charge in [-0.1, -0.05) is 6.07 Å². The SMILES string of the molecule is CC(=O)Nc1cccc(Oc2nc(Nc3ccc4c(ccn4CCN(C)C)c3)nc3[nH]ccc23)c1. The quantitative estimate of drug-likeness (QED) is 0.297. The predicted octanol–water partition coefficient (Wildman–Crippen LogP) is 4.97. The number of ether oxygens (including phenoxy) is 1. The van der Waals surface area contributed by atoms with Gasteiger partial charge in [0.05, 0.1) is 5.39 Å². The summed E-state index contributed by atoms with van der Waals surface area (Å²) in [6.07, 6.45) is 3.91. The molecule has 0 spiro atoms. The van der Waals surface area contributed by atoms with Crippen LogP contribution in [0.4, 0.5) is 17.3 Å². The maximum Gasteiger partial charge on any atom is 0.233 e. The maximum atomic E-state index is 11.4. The van der Waals surface area contributed by atoms with Crippen LogP contribution in [-0.4, -0.2) is 51.0 Å². The Labute approximate surface area is 202 Å². The summed E-state index contributed by atoms with van der Waals surface area (Å²) >= 11 is 0. The van der Waals surface area contributed by atoms with E-state index in [1.165, 1.54) is 12.4 Å². The van der Waals surface area contributed by atoms with Gasteiger partial charge in [-0.05, 0) is 56.6 Å². The number of aromatic nitrogens is 4. The van der Waals surface area contributed by atoms with Crippen molar-refractivity contribution in [2.75, 3.05) is 31.3 Å². The molecular formula is C26H27N7O2. The van der Waals surface area contributed by atoms with Gasteiger partial charge in [0, 0.05) is 60.8 Å². The number of amides is 1. The first-order chi connectivity index (χ1) is 16.9. The number of H-pyrrole nitrogens is 1. The highest BCUT2D eigenvalue weighted by atomic mass is 16.5. The predicted molar refractivity (Wildman–Crippen MR) is 138 cm³/mol. The van der Waals surface area contributed by atoms with Crippen molar-refractivity contribution in [3.05, 3.63) is 67.0 Å². The molecule has 35 heavy (non-hydrogen) atoms. The van der Waals surface area contributed by atoms with Crippen molar-refractivity contribution in [2.45, 2.75) is 13.5 Å². The number of fused-ring (bicyclic) bond motifs is 2. The van der Waals surface area contributed by atoms with Crippen molar-refractivity contribution < 1.29 is 9.53 Å². The lowest BCUT2D eigenvalue weighted by Crippen LogP contribution is -2.17. The smallest absolute Gasteiger partial charge is 0.233 e. The minimum absolute atomic E-state index is 0.145. The fourth-order valence-electron chi connectivity index (χ4n) is 3.91. The molecule has 9 heteroatoms. The Balaban J connectivity index is 1.41. The number of carbonyl (C=O) groups is 1. The molecule has 0 bridgehead atoms. The van der Waals surface area contributed by atoms with Crippen molar-refractivity contribution in [3.8, 4) is 11.6 Å². The zero-order chi connectivity index (χ0) is 24.4. The summed E-state index contributed by atoms with van der Waals surface area (Å²) in [5.41, 5.74) is 3.37. The number of hydrogen-bond donors (Lipinski definition) is 3. The van der Waals surface area contributed by atoms with E-state index in [1.54, 1.807) is 18.3 Å². The molecule has 3 heterocycles. The first-order valence-electron chi connectivity index (χ1n) is 11.4. The van der Waals surface area contributed by atoms with E-state index in [0.29, 0.717) is 28.9 Å². The van der Waals surface area contributed by atoms with E-state index in [-0.39, 0.29) is 5.91 Å². The molecule has 0 saturated heterocycles. The number of nitrogens with one attached hydrogen (secondary N) is 3. The van der Waals surface area contributed by atoms with Gasteiger partial charge in [0.25, 0.3) is 0 Å². The Kier molecular flexibility index (Phi) is 6.07. The number of rotatable bonds is 8. The second-order valence-electron chi connectivity index (χ2n) is 8.61. The normalized spacial score (nSPS) is 11.3. The molecule has 0 aliphatic rings. The van der Waals surface area contributed by atoms with Crippen LogP contribution >= 0.6 is 0 Å². The minimum Gasteiger partial charge on any atom is -0.438 e. The van der Waals surface area contributed by atoms with Gasteiger partial charge in [0.2, 0.25) is 17.7 Å². The molecule has 9 nitrogen and oxygen atoms in total. The molecule has 178 valence electrons. The molecule has 0 aliphatic heterocycles. The second-order valence-corrected chi connectivity index (χ2v) is 8.61. The highest BCUT2D eigenvalue weighted by molar-refractivity contribution is 5.89. The average Bonchev–Trinajstić information content (AvgIpc) is 3.44. The average molecular weight is 470 g/mol. The van der Waals surface area contributed by atoms with Crippen LogP contribution < -0.4 is 15.4 Å². The first-order valence-corrected chi connectivity index (χ1v) is 11.4. The van der Waals surface area contributed by atoms with E-state index >= 15 is 0 Å². The third-order valence-corrected chi connectivity index (χ3v) is 5.56. The lowest BCUT2D eigenvalue weighted by Gasteiger charge is -2.12. The van der Waals surface area contributed by atoms with Crippen LogP contribution in [0.15, 0.2) is 67.0 Å². The van der Waals surface area contributed by atoms with Gasteiger partial charge in [-0.15, -0.1) is 0 Å². The number of likely N-dealkylation sites (N-methyl/N-ethyl adjacent to an activating group) is 1. The van der Waals surface area contributed by atoms with Gasteiger partial charge in [0.1, 0.15) is 11.4 Å². The van der Waals surface area contributed by atoms with Crippen LogP contribution in [0.2, 0.25) is 0 Å². The van der Waals surface area contributed by atoms with Gasteiger partial charge in [0.15, 0.2) is 0 Å². The molecule has 5 rings (SSSR count). The van der Waals surface area contributed by atoms with Gasteiger partial charge in [-0.25, -0.2) is 0 Å². The van der Waals surface area contributed by atoms with Crippen molar-refractivity contribution in [1.29, 1.82) is 0 Å². The molecular weight excluding hydrogens is 442 g/mol. The fourth-order valence-corrected chi connectivity index (χ4v) is 3.91. The molecule has 0 atom stereocenters. The van der Waals surface area contributed by atoms with Crippen LogP contribution in [0.25, 0.3) is 21.9 Å². The van der Waals surface area contributed by atoms with Crippen molar-refractivity contribution in [2.24, 2.45) is 0 Å². The molecule has 0 saturated carbocycles. The van der Waals surface area contributed by atoms with Gasteiger partial charge < -0.3 is 29.8 Å². The van der Waals surface area contributed by atoms with Crippen molar-refractivity contribution >= 4 is 45.2 Å². The van der Waals surface area contributed by atoms with Crippen molar-refractivity contribution in [1.82, 2.24) is 24.4 Å². The Bertz CT molecular complexity index is 1500. The number of carbonyl (C=O) groups excluding carboxylic acids is 1. The van der Waals surface area contributed by atoms with Gasteiger partial charge in [-0.3, -0.25) is 4.79 Å². The molecule has 1 amide bonds. The maximum absolute atomic E-state index is 11.4.